The summed E-state index contributed by atoms with van der Waals surface area (Å²) in [7, 11) is 0. The molecule has 0 saturated carbocycles. The monoisotopic (exact) mass is 142 g/mol. The average Bonchev–Trinajstić information content (AvgIpc) is 2.42. The van der Waals surface area contributed by atoms with E-state index < -0.39 is 0 Å². The molecule has 0 radical (unpaired) electrons. The Morgan fingerprint density at radius 2 is 2.30 bits per heavy atom. The first-order valence-electron chi connectivity index (χ1n) is 3.59. The molecule has 1 heterocycles. The Morgan fingerprint density at radius 1 is 1.70 bits per heavy atom. The van der Waals surface area contributed by atoms with Crippen LogP contribution in [0.3, 0.4) is 0 Å². The van der Waals surface area contributed by atoms with Gasteiger partial charge in [-0.2, -0.15) is 0 Å². The second-order valence-electron chi connectivity index (χ2n) is 2.85. The highest BCUT2D eigenvalue weighted by Gasteiger charge is 2.49. The van der Waals surface area contributed by atoms with Gasteiger partial charge >= 0.3 is 0 Å². The maximum absolute atomic E-state index is 5.29. The lowest BCUT2D eigenvalue weighted by Gasteiger charge is -2.03. The van der Waals surface area contributed by atoms with Crippen molar-refractivity contribution in [1.82, 2.24) is 0 Å². The number of allylic oxidation sites excluding steroid dienone is 1. The van der Waals surface area contributed by atoms with Gasteiger partial charge in [-0.1, -0.05) is 6.08 Å². The summed E-state index contributed by atoms with van der Waals surface area (Å²) in [5.74, 6) is 0. The first-order chi connectivity index (χ1) is 4.69. The Bertz CT molecular complexity index is 142. The van der Waals surface area contributed by atoms with Crippen LogP contribution in [0, 0.1) is 0 Å². The fourth-order valence-electron chi connectivity index (χ4n) is 0.831. The van der Waals surface area contributed by atoms with Gasteiger partial charge in [-0.15, -0.1) is 0 Å². The van der Waals surface area contributed by atoms with Crippen LogP contribution < -0.4 is 0 Å². The van der Waals surface area contributed by atoms with Crippen molar-refractivity contribution in [2.24, 2.45) is 0 Å². The summed E-state index contributed by atoms with van der Waals surface area (Å²) in [5.41, 5.74) is -0.0144. The number of epoxide rings is 1. The smallest absolute Gasteiger partial charge is 0.125 e. The Kier molecular flexibility index (Phi) is 2.00. The minimum absolute atomic E-state index is 0.0144. The van der Waals surface area contributed by atoms with Crippen molar-refractivity contribution in [3.8, 4) is 0 Å². The maximum Gasteiger partial charge on any atom is 0.125 e. The van der Waals surface area contributed by atoms with E-state index in [-0.39, 0.29) is 5.60 Å². The Balaban J connectivity index is 2.15. The van der Waals surface area contributed by atoms with Crippen molar-refractivity contribution in [3.05, 3.63) is 12.3 Å². The molecule has 0 aromatic heterocycles. The van der Waals surface area contributed by atoms with E-state index in [9.17, 15) is 0 Å². The molecule has 0 aromatic carbocycles. The molecule has 0 bridgehead atoms. The van der Waals surface area contributed by atoms with Gasteiger partial charge in [0.15, 0.2) is 0 Å². The summed E-state index contributed by atoms with van der Waals surface area (Å²) in [6.45, 7) is 6.71. The van der Waals surface area contributed by atoms with Gasteiger partial charge in [0, 0.05) is 0 Å². The van der Waals surface area contributed by atoms with Crippen LogP contribution in [0.25, 0.3) is 0 Å². The van der Waals surface area contributed by atoms with E-state index >= 15 is 0 Å². The van der Waals surface area contributed by atoms with E-state index in [1.807, 2.05) is 13.0 Å². The van der Waals surface area contributed by atoms with Crippen LogP contribution >= 0.6 is 0 Å². The van der Waals surface area contributed by atoms with E-state index in [4.69, 9.17) is 9.47 Å². The van der Waals surface area contributed by atoms with E-state index in [0.29, 0.717) is 12.7 Å². The van der Waals surface area contributed by atoms with Gasteiger partial charge < -0.3 is 9.47 Å². The Labute approximate surface area is 61.8 Å². The highest BCUT2D eigenvalue weighted by Crippen LogP contribution is 2.35. The van der Waals surface area contributed by atoms with Crippen molar-refractivity contribution < 1.29 is 9.47 Å². The van der Waals surface area contributed by atoms with Gasteiger partial charge in [0.05, 0.1) is 12.4 Å². The molecule has 58 valence electrons. The molecular formula is C8H14O2. The summed E-state index contributed by atoms with van der Waals surface area (Å²) in [6.07, 6.45) is 3.92. The summed E-state index contributed by atoms with van der Waals surface area (Å²) in [4.78, 5) is 0. The molecule has 10 heavy (non-hydrogen) atoms. The largest absolute Gasteiger partial charge is 0.498 e. The molecule has 1 aliphatic heterocycles. The molecule has 0 spiro atoms. The number of hydrogen-bond donors (Lipinski definition) is 0. The minimum Gasteiger partial charge on any atom is -0.498 e. The second-order valence-corrected chi connectivity index (χ2v) is 2.85. The van der Waals surface area contributed by atoms with Crippen LogP contribution in [0.2, 0.25) is 0 Å². The zero-order valence-electron chi connectivity index (χ0n) is 6.76. The summed E-state index contributed by atoms with van der Waals surface area (Å²) < 4.78 is 10.5. The summed E-state index contributed by atoms with van der Waals surface area (Å²) in [6, 6.07) is 0. The zero-order valence-corrected chi connectivity index (χ0v) is 6.76. The topological polar surface area (TPSA) is 21.8 Å². The molecule has 0 amide bonds. The number of hydrogen-bond acceptors (Lipinski definition) is 2. The third-order valence-corrected chi connectivity index (χ3v) is 1.85. The second kappa shape index (κ2) is 2.62. The molecule has 0 aromatic rings. The summed E-state index contributed by atoms with van der Waals surface area (Å²) >= 11 is 0. The van der Waals surface area contributed by atoms with Gasteiger partial charge in [0.1, 0.15) is 12.2 Å². The highest BCUT2D eigenvalue weighted by molar-refractivity contribution is 4.96. The van der Waals surface area contributed by atoms with E-state index in [1.165, 1.54) is 0 Å². The van der Waals surface area contributed by atoms with E-state index in [2.05, 4.69) is 13.8 Å². The molecular weight excluding hydrogens is 128 g/mol. The third-order valence-electron chi connectivity index (χ3n) is 1.85. The molecule has 2 unspecified atom stereocenters. The van der Waals surface area contributed by atoms with Crippen molar-refractivity contribution in [2.75, 3.05) is 6.61 Å². The van der Waals surface area contributed by atoms with Crippen molar-refractivity contribution in [1.29, 1.82) is 0 Å². The number of rotatable bonds is 3. The van der Waals surface area contributed by atoms with Crippen LogP contribution in [0.15, 0.2) is 12.3 Å². The maximum atomic E-state index is 5.29. The quantitative estimate of drug-likeness (QED) is 0.442. The lowest BCUT2D eigenvalue weighted by atomic mass is 10.1. The molecule has 0 aliphatic carbocycles. The molecule has 2 nitrogen and oxygen atoms in total. The SMILES string of the molecule is CC=COCC1(C)OC1C. The minimum atomic E-state index is -0.0144. The van der Waals surface area contributed by atoms with Crippen molar-refractivity contribution in [3.63, 3.8) is 0 Å². The van der Waals surface area contributed by atoms with E-state index in [0.717, 1.165) is 0 Å². The third kappa shape index (κ3) is 1.51. The molecule has 1 fully saturated rings. The van der Waals surface area contributed by atoms with Crippen molar-refractivity contribution in [2.45, 2.75) is 32.5 Å². The molecule has 1 saturated heterocycles. The molecule has 2 heteroatoms. The predicted molar refractivity (Wildman–Crippen MR) is 39.7 cm³/mol. The predicted octanol–water partition coefficient (Wildman–Crippen LogP) is 1.71. The number of ether oxygens (including phenoxy) is 2. The van der Waals surface area contributed by atoms with Crippen LogP contribution in [-0.2, 0) is 9.47 Å². The fourth-order valence-corrected chi connectivity index (χ4v) is 0.831. The fraction of sp³-hybridized carbons (Fsp3) is 0.750. The van der Waals surface area contributed by atoms with Crippen LogP contribution in [0.1, 0.15) is 20.8 Å². The Morgan fingerprint density at radius 3 is 2.70 bits per heavy atom. The molecule has 2 atom stereocenters. The van der Waals surface area contributed by atoms with Crippen LogP contribution in [-0.4, -0.2) is 18.3 Å². The first-order valence-corrected chi connectivity index (χ1v) is 3.59. The first kappa shape index (κ1) is 7.61. The average molecular weight is 142 g/mol. The standard InChI is InChI=1S/C8H14O2/c1-4-5-9-6-8(3)7(2)10-8/h4-5,7H,6H2,1-3H3. The van der Waals surface area contributed by atoms with Gasteiger partial charge in [0.25, 0.3) is 0 Å². The lowest BCUT2D eigenvalue weighted by molar-refractivity contribution is 0.162. The van der Waals surface area contributed by atoms with Crippen molar-refractivity contribution >= 4 is 0 Å². The van der Waals surface area contributed by atoms with Crippen LogP contribution in [0.4, 0.5) is 0 Å². The molecule has 0 N–H and O–H groups in total. The Hall–Kier alpha value is -0.500. The van der Waals surface area contributed by atoms with Gasteiger partial charge in [0.2, 0.25) is 0 Å². The van der Waals surface area contributed by atoms with Crippen LogP contribution in [0.5, 0.6) is 0 Å². The zero-order chi connectivity index (χ0) is 7.61. The van der Waals surface area contributed by atoms with Gasteiger partial charge in [-0.3, -0.25) is 0 Å². The summed E-state index contributed by atoms with van der Waals surface area (Å²) in [5, 5.41) is 0. The van der Waals surface area contributed by atoms with E-state index in [1.54, 1.807) is 6.26 Å². The normalized spacial score (nSPS) is 38.5. The lowest BCUT2D eigenvalue weighted by Crippen LogP contribution is -2.15. The molecule has 1 rings (SSSR count). The van der Waals surface area contributed by atoms with Gasteiger partial charge in [-0.25, -0.2) is 0 Å². The van der Waals surface area contributed by atoms with Gasteiger partial charge in [-0.05, 0) is 20.8 Å². The molecule has 1 aliphatic rings. The highest BCUT2D eigenvalue weighted by atomic mass is 16.6.